The van der Waals surface area contributed by atoms with Crippen molar-refractivity contribution >= 4 is 5.91 Å². The fourth-order valence-electron chi connectivity index (χ4n) is 1.85. The molecule has 1 fully saturated rings. The minimum atomic E-state index is -0.754. The SMILES string of the molecule is Cc1ccoc1C(=O)N1CCC(C)(O)C1. The lowest BCUT2D eigenvalue weighted by atomic mass is 10.1. The molecule has 0 spiro atoms. The van der Waals surface area contributed by atoms with Crippen molar-refractivity contribution in [2.75, 3.05) is 13.1 Å². The van der Waals surface area contributed by atoms with Crippen molar-refractivity contribution < 1.29 is 14.3 Å². The van der Waals surface area contributed by atoms with Gasteiger partial charge >= 0.3 is 0 Å². The number of aliphatic hydroxyl groups is 1. The highest BCUT2D eigenvalue weighted by Crippen LogP contribution is 2.23. The number of β-amino-alcohol motifs (C(OH)–C–C–N with tert-alkyl or cyclic N) is 1. The van der Waals surface area contributed by atoms with Gasteiger partial charge in [0.2, 0.25) is 0 Å². The quantitative estimate of drug-likeness (QED) is 0.755. The second kappa shape index (κ2) is 3.38. The molecule has 1 aromatic heterocycles. The Hall–Kier alpha value is -1.29. The van der Waals surface area contributed by atoms with Crippen LogP contribution in [0.4, 0.5) is 0 Å². The first kappa shape index (κ1) is 10.2. The zero-order valence-corrected chi connectivity index (χ0v) is 8.99. The molecule has 1 unspecified atom stereocenters. The van der Waals surface area contributed by atoms with Crippen LogP contribution >= 0.6 is 0 Å². The number of carbonyl (C=O) groups is 1. The number of carbonyl (C=O) groups excluding carboxylic acids is 1. The molecule has 15 heavy (non-hydrogen) atoms. The first-order chi connectivity index (χ1) is 6.99. The summed E-state index contributed by atoms with van der Waals surface area (Å²) in [6.45, 7) is 4.55. The largest absolute Gasteiger partial charge is 0.459 e. The smallest absolute Gasteiger partial charge is 0.289 e. The van der Waals surface area contributed by atoms with Crippen LogP contribution in [-0.4, -0.2) is 34.6 Å². The van der Waals surface area contributed by atoms with Crippen LogP contribution in [0.2, 0.25) is 0 Å². The number of nitrogens with zero attached hydrogens (tertiary/aromatic N) is 1. The summed E-state index contributed by atoms with van der Waals surface area (Å²) in [5.74, 6) is 0.253. The number of rotatable bonds is 1. The summed E-state index contributed by atoms with van der Waals surface area (Å²) in [6, 6.07) is 1.77. The van der Waals surface area contributed by atoms with Crippen molar-refractivity contribution in [3.8, 4) is 0 Å². The molecule has 0 aromatic carbocycles. The molecule has 1 atom stereocenters. The van der Waals surface area contributed by atoms with Crippen LogP contribution in [0, 0.1) is 6.92 Å². The molecule has 0 radical (unpaired) electrons. The van der Waals surface area contributed by atoms with Gasteiger partial charge in [0.05, 0.1) is 11.9 Å². The molecule has 1 amide bonds. The predicted octanol–water partition coefficient (Wildman–Crippen LogP) is 1.18. The highest BCUT2D eigenvalue weighted by molar-refractivity contribution is 5.93. The van der Waals surface area contributed by atoms with Gasteiger partial charge in [0, 0.05) is 18.7 Å². The molecule has 1 aromatic rings. The fourth-order valence-corrected chi connectivity index (χ4v) is 1.85. The van der Waals surface area contributed by atoms with Gasteiger partial charge in [0.25, 0.3) is 5.91 Å². The van der Waals surface area contributed by atoms with E-state index in [0.717, 1.165) is 5.56 Å². The van der Waals surface area contributed by atoms with E-state index in [1.807, 2.05) is 6.92 Å². The van der Waals surface area contributed by atoms with Gasteiger partial charge in [-0.1, -0.05) is 0 Å². The Kier molecular flexibility index (Phi) is 2.31. The lowest BCUT2D eigenvalue weighted by Crippen LogP contribution is -2.33. The van der Waals surface area contributed by atoms with E-state index in [-0.39, 0.29) is 5.91 Å². The number of furan rings is 1. The molecule has 2 heterocycles. The van der Waals surface area contributed by atoms with E-state index in [1.165, 1.54) is 6.26 Å². The van der Waals surface area contributed by atoms with Gasteiger partial charge in [-0.15, -0.1) is 0 Å². The van der Waals surface area contributed by atoms with Crippen molar-refractivity contribution in [1.29, 1.82) is 0 Å². The molecule has 1 aliphatic rings. The molecule has 4 nitrogen and oxygen atoms in total. The van der Waals surface area contributed by atoms with Crippen LogP contribution in [0.15, 0.2) is 16.7 Å². The van der Waals surface area contributed by atoms with E-state index in [4.69, 9.17) is 4.42 Å². The second-order valence-electron chi connectivity index (χ2n) is 4.41. The molecule has 1 aliphatic heterocycles. The van der Waals surface area contributed by atoms with Crippen molar-refractivity contribution in [3.63, 3.8) is 0 Å². The van der Waals surface area contributed by atoms with Gasteiger partial charge in [0.1, 0.15) is 0 Å². The average Bonchev–Trinajstić information content (AvgIpc) is 2.71. The van der Waals surface area contributed by atoms with Gasteiger partial charge < -0.3 is 14.4 Å². The topological polar surface area (TPSA) is 53.7 Å². The Balaban J connectivity index is 2.14. The molecule has 4 heteroatoms. The number of hydrogen-bond acceptors (Lipinski definition) is 3. The molecule has 0 saturated carbocycles. The number of amides is 1. The zero-order chi connectivity index (χ0) is 11.1. The fraction of sp³-hybridized carbons (Fsp3) is 0.545. The van der Waals surface area contributed by atoms with Gasteiger partial charge in [0.15, 0.2) is 5.76 Å². The van der Waals surface area contributed by atoms with Crippen LogP contribution in [0.3, 0.4) is 0 Å². The van der Waals surface area contributed by atoms with Crippen molar-refractivity contribution in [2.24, 2.45) is 0 Å². The van der Waals surface area contributed by atoms with Gasteiger partial charge in [-0.2, -0.15) is 0 Å². The number of likely N-dealkylation sites (tertiary alicyclic amines) is 1. The molecule has 1 saturated heterocycles. The van der Waals surface area contributed by atoms with E-state index in [9.17, 15) is 9.90 Å². The molecule has 0 bridgehead atoms. The summed E-state index contributed by atoms with van der Waals surface area (Å²) in [6.07, 6.45) is 2.13. The van der Waals surface area contributed by atoms with Crippen LogP contribution in [-0.2, 0) is 0 Å². The number of hydrogen-bond donors (Lipinski definition) is 1. The normalized spacial score (nSPS) is 25.9. The van der Waals surface area contributed by atoms with Crippen LogP contribution in [0.1, 0.15) is 29.5 Å². The van der Waals surface area contributed by atoms with E-state index in [1.54, 1.807) is 17.9 Å². The first-order valence-electron chi connectivity index (χ1n) is 5.05. The minimum Gasteiger partial charge on any atom is -0.459 e. The third-order valence-electron chi connectivity index (χ3n) is 2.80. The summed E-state index contributed by atoms with van der Waals surface area (Å²) in [5.41, 5.74) is 0.0856. The van der Waals surface area contributed by atoms with Crippen LogP contribution < -0.4 is 0 Å². The molecule has 1 N–H and O–H groups in total. The summed E-state index contributed by atoms with van der Waals surface area (Å²) in [5, 5.41) is 9.76. The maximum atomic E-state index is 11.9. The van der Waals surface area contributed by atoms with Gasteiger partial charge in [-0.3, -0.25) is 4.79 Å². The minimum absolute atomic E-state index is 0.129. The molecular weight excluding hydrogens is 194 g/mol. The second-order valence-corrected chi connectivity index (χ2v) is 4.41. The molecular formula is C11H15NO3. The number of aryl methyl sites for hydroxylation is 1. The van der Waals surface area contributed by atoms with Crippen molar-refractivity contribution in [3.05, 3.63) is 23.7 Å². The highest BCUT2D eigenvalue weighted by atomic mass is 16.3. The van der Waals surface area contributed by atoms with E-state index in [0.29, 0.717) is 25.3 Å². The summed E-state index contributed by atoms with van der Waals surface area (Å²) in [4.78, 5) is 13.6. The van der Waals surface area contributed by atoms with Crippen molar-refractivity contribution in [1.82, 2.24) is 4.90 Å². The van der Waals surface area contributed by atoms with Gasteiger partial charge in [-0.05, 0) is 26.3 Å². The van der Waals surface area contributed by atoms with Gasteiger partial charge in [-0.25, -0.2) is 0 Å². The standard InChI is InChI=1S/C11H15NO3/c1-8-3-6-15-9(8)10(13)12-5-4-11(2,14)7-12/h3,6,14H,4-5,7H2,1-2H3. The Morgan fingerprint density at radius 1 is 1.67 bits per heavy atom. The highest BCUT2D eigenvalue weighted by Gasteiger charge is 2.35. The maximum absolute atomic E-state index is 11.9. The molecule has 0 aliphatic carbocycles. The molecule has 82 valence electrons. The van der Waals surface area contributed by atoms with E-state index in [2.05, 4.69) is 0 Å². The van der Waals surface area contributed by atoms with Crippen LogP contribution in [0.25, 0.3) is 0 Å². The average molecular weight is 209 g/mol. The third kappa shape index (κ3) is 1.90. The Bertz CT molecular complexity index is 381. The summed E-state index contributed by atoms with van der Waals surface area (Å²) >= 11 is 0. The van der Waals surface area contributed by atoms with E-state index >= 15 is 0 Å². The maximum Gasteiger partial charge on any atom is 0.289 e. The monoisotopic (exact) mass is 209 g/mol. The summed E-state index contributed by atoms with van der Waals surface area (Å²) in [7, 11) is 0. The Morgan fingerprint density at radius 3 is 2.87 bits per heavy atom. The first-order valence-corrected chi connectivity index (χ1v) is 5.05. The molecule has 2 rings (SSSR count). The van der Waals surface area contributed by atoms with E-state index < -0.39 is 5.60 Å². The zero-order valence-electron chi connectivity index (χ0n) is 8.99. The lowest BCUT2D eigenvalue weighted by Gasteiger charge is -2.18. The Morgan fingerprint density at radius 2 is 2.40 bits per heavy atom. The third-order valence-corrected chi connectivity index (χ3v) is 2.80. The Labute approximate surface area is 88.5 Å². The van der Waals surface area contributed by atoms with Crippen LogP contribution in [0.5, 0.6) is 0 Å². The van der Waals surface area contributed by atoms with Crippen molar-refractivity contribution in [2.45, 2.75) is 25.9 Å². The predicted molar refractivity (Wildman–Crippen MR) is 54.6 cm³/mol. The lowest BCUT2D eigenvalue weighted by molar-refractivity contribution is 0.0554. The summed E-state index contributed by atoms with van der Waals surface area (Å²) < 4.78 is 5.13.